The standard InChI is InChI=1S/C9H12FN3OS/c1-7-6-11-9(10)12-8(7)13-2-4-15(14)5-3-13/h6H,2-5H2,1H3. The van der Waals surface area contributed by atoms with Crippen molar-refractivity contribution in [2.45, 2.75) is 6.92 Å². The first-order chi connectivity index (χ1) is 7.16. The second kappa shape index (κ2) is 4.22. The van der Waals surface area contributed by atoms with E-state index < -0.39 is 16.9 Å². The second-order valence-electron chi connectivity index (χ2n) is 3.48. The molecule has 1 saturated heterocycles. The summed E-state index contributed by atoms with van der Waals surface area (Å²) in [6.07, 6.45) is 0.769. The summed E-state index contributed by atoms with van der Waals surface area (Å²) in [6, 6.07) is 0. The Hall–Kier alpha value is -1.04. The summed E-state index contributed by atoms with van der Waals surface area (Å²) < 4.78 is 24.0. The molecule has 1 aliphatic rings. The Labute approximate surface area is 90.0 Å². The van der Waals surface area contributed by atoms with E-state index in [1.54, 1.807) is 0 Å². The van der Waals surface area contributed by atoms with Crippen LogP contribution in [-0.4, -0.2) is 38.8 Å². The average molecular weight is 229 g/mol. The first-order valence-corrected chi connectivity index (χ1v) is 6.24. The quantitative estimate of drug-likeness (QED) is 0.658. The van der Waals surface area contributed by atoms with Gasteiger partial charge in [-0.25, -0.2) is 4.98 Å². The third-order valence-corrected chi connectivity index (χ3v) is 3.67. The van der Waals surface area contributed by atoms with E-state index in [0.717, 1.165) is 5.56 Å². The van der Waals surface area contributed by atoms with Gasteiger partial charge in [-0.05, 0) is 6.92 Å². The average Bonchev–Trinajstić information content (AvgIpc) is 2.23. The van der Waals surface area contributed by atoms with Crippen LogP contribution in [0.3, 0.4) is 0 Å². The van der Waals surface area contributed by atoms with Crippen LogP contribution in [0.25, 0.3) is 0 Å². The molecule has 0 spiro atoms. The van der Waals surface area contributed by atoms with Gasteiger partial charge in [0.15, 0.2) is 0 Å². The topological polar surface area (TPSA) is 46.1 Å². The zero-order valence-corrected chi connectivity index (χ0v) is 9.26. The van der Waals surface area contributed by atoms with Crippen molar-refractivity contribution in [1.82, 2.24) is 9.97 Å². The Morgan fingerprint density at radius 3 is 2.80 bits per heavy atom. The molecule has 2 rings (SSSR count). The monoisotopic (exact) mass is 229 g/mol. The predicted molar refractivity (Wildman–Crippen MR) is 56.8 cm³/mol. The number of rotatable bonds is 1. The smallest absolute Gasteiger partial charge is 0.310 e. The molecule has 0 bridgehead atoms. The lowest BCUT2D eigenvalue weighted by atomic mass is 10.3. The number of aromatic nitrogens is 2. The fraction of sp³-hybridized carbons (Fsp3) is 0.556. The minimum atomic E-state index is -0.725. The highest BCUT2D eigenvalue weighted by Crippen LogP contribution is 2.17. The van der Waals surface area contributed by atoms with E-state index in [2.05, 4.69) is 9.97 Å². The molecule has 82 valence electrons. The van der Waals surface area contributed by atoms with E-state index in [4.69, 9.17) is 0 Å². The number of halogens is 1. The third kappa shape index (κ3) is 2.31. The van der Waals surface area contributed by atoms with Crippen LogP contribution >= 0.6 is 0 Å². The fourth-order valence-corrected chi connectivity index (χ4v) is 2.63. The summed E-state index contributed by atoms with van der Waals surface area (Å²) in [7, 11) is -0.725. The fourth-order valence-electron chi connectivity index (χ4n) is 1.58. The Balaban J connectivity index is 2.21. The van der Waals surface area contributed by atoms with E-state index >= 15 is 0 Å². The van der Waals surface area contributed by atoms with Crippen LogP contribution in [-0.2, 0) is 10.8 Å². The second-order valence-corrected chi connectivity index (χ2v) is 5.18. The van der Waals surface area contributed by atoms with Crippen molar-refractivity contribution in [3.05, 3.63) is 17.8 Å². The molecule has 2 heterocycles. The lowest BCUT2D eigenvalue weighted by Crippen LogP contribution is -2.38. The molecule has 0 radical (unpaired) electrons. The Morgan fingerprint density at radius 1 is 1.47 bits per heavy atom. The van der Waals surface area contributed by atoms with E-state index in [9.17, 15) is 8.60 Å². The molecule has 1 fully saturated rings. The van der Waals surface area contributed by atoms with E-state index in [1.165, 1.54) is 6.20 Å². The summed E-state index contributed by atoms with van der Waals surface area (Å²) in [6.45, 7) is 3.19. The zero-order chi connectivity index (χ0) is 10.8. The maximum Gasteiger partial charge on any atom is 0.310 e. The summed E-state index contributed by atoms with van der Waals surface area (Å²) in [5.74, 6) is 1.88. The molecule has 0 aromatic carbocycles. The number of hydrogen-bond donors (Lipinski definition) is 0. The van der Waals surface area contributed by atoms with E-state index in [1.807, 2.05) is 11.8 Å². The maximum atomic E-state index is 12.9. The minimum absolute atomic E-state index is 0.624. The number of aryl methyl sites for hydroxylation is 1. The van der Waals surface area contributed by atoms with Crippen LogP contribution in [0, 0.1) is 13.0 Å². The molecule has 1 aliphatic heterocycles. The van der Waals surface area contributed by atoms with Gasteiger partial charge in [-0.15, -0.1) is 0 Å². The molecule has 0 N–H and O–H groups in total. The van der Waals surface area contributed by atoms with Crippen molar-refractivity contribution in [3.63, 3.8) is 0 Å². The molecule has 15 heavy (non-hydrogen) atoms. The van der Waals surface area contributed by atoms with Gasteiger partial charge >= 0.3 is 6.08 Å². The van der Waals surface area contributed by atoms with Gasteiger partial charge in [-0.2, -0.15) is 9.37 Å². The molecule has 4 nitrogen and oxygen atoms in total. The Morgan fingerprint density at radius 2 is 2.13 bits per heavy atom. The number of hydrogen-bond acceptors (Lipinski definition) is 4. The van der Waals surface area contributed by atoms with Crippen LogP contribution in [0.15, 0.2) is 6.20 Å². The Bertz CT molecular complexity index is 389. The lowest BCUT2D eigenvalue weighted by Gasteiger charge is -2.28. The highest BCUT2D eigenvalue weighted by atomic mass is 32.2. The number of anilines is 1. The van der Waals surface area contributed by atoms with E-state index in [-0.39, 0.29) is 0 Å². The third-order valence-electron chi connectivity index (χ3n) is 2.39. The van der Waals surface area contributed by atoms with Gasteiger partial charge in [0.25, 0.3) is 0 Å². The summed E-state index contributed by atoms with van der Waals surface area (Å²) in [5.41, 5.74) is 0.851. The zero-order valence-electron chi connectivity index (χ0n) is 8.44. The van der Waals surface area contributed by atoms with Gasteiger partial charge in [-0.3, -0.25) is 4.21 Å². The summed E-state index contributed by atoms with van der Waals surface area (Å²) in [4.78, 5) is 9.22. The Kier molecular flexibility index (Phi) is 2.95. The molecule has 6 heteroatoms. The predicted octanol–water partition coefficient (Wildman–Crippen LogP) is 0.493. The van der Waals surface area contributed by atoms with Crippen molar-refractivity contribution >= 4 is 16.6 Å². The molecule has 0 saturated carbocycles. The van der Waals surface area contributed by atoms with Gasteiger partial charge in [0.1, 0.15) is 5.82 Å². The van der Waals surface area contributed by atoms with E-state index in [0.29, 0.717) is 30.4 Å². The molecule has 1 aromatic heterocycles. The van der Waals surface area contributed by atoms with Crippen LogP contribution < -0.4 is 4.90 Å². The van der Waals surface area contributed by atoms with Crippen LogP contribution in [0.2, 0.25) is 0 Å². The highest BCUT2D eigenvalue weighted by molar-refractivity contribution is 7.85. The van der Waals surface area contributed by atoms with Crippen molar-refractivity contribution in [2.75, 3.05) is 29.5 Å². The first-order valence-electron chi connectivity index (χ1n) is 4.76. The summed E-state index contributed by atoms with van der Waals surface area (Å²) in [5, 5.41) is 0. The van der Waals surface area contributed by atoms with Crippen molar-refractivity contribution in [2.24, 2.45) is 0 Å². The van der Waals surface area contributed by atoms with Crippen molar-refractivity contribution in [1.29, 1.82) is 0 Å². The van der Waals surface area contributed by atoms with Gasteiger partial charge < -0.3 is 4.90 Å². The van der Waals surface area contributed by atoms with Gasteiger partial charge in [-0.1, -0.05) is 0 Å². The minimum Gasteiger partial charge on any atom is -0.354 e. The first kappa shape index (κ1) is 10.5. The van der Waals surface area contributed by atoms with Gasteiger partial charge in [0.05, 0.1) is 0 Å². The van der Waals surface area contributed by atoms with Gasteiger partial charge in [0, 0.05) is 47.2 Å². The summed E-state index contributed by atoms with van der Waals surface area (Å²) >= 11 is 0. The highest BCUT2D eigenvalue weighted by Gasteiger charge is 2.18. The SMILES string of the molecule is Cc1cnc(F)nc1N1CCS(=O)CC1. The van der Waals surface area contributed by atoms with Crippen LogP contribution in [0.1, 0.15) is 5.56 Å². The molecule has 0 unspecified atom stereocenters. The van der Waals surface area contributed by atoms with Gasteiger partial charge in [0.2, 0.25) is 0 Å². The molecule has 1 aromatic rings. The van der Waals surface area contributed by atoms with Crippen molar-refractivity contribution in [3.8, 4) is 0 Å². The maximum absolute atomic E-state index is 12.9. The normalized spacial score (nSPS) is 18.1. The molecular weight excluding hydrogens is 217 g/mol. The van der Waals surface area contributed by atoms with Crippen LogP contribution in [0.4, 0.5) is 10.2 Å². The molecule has 0 aliphatic carbocycles. The largest absolute Gasteiger partial charge is 0.354 e. The van der Waals surface area contributed by atoms with Crippen molar-refractivity contribution < 1.29 is 8.60 Å². The lowest BCUT2D eigenvalue weighted by molar-refractivity contribution is 0.535. The molecular formula is C9H12FN3OS. The van der Waals surface area contributed by atoms with Crippen LogP contribution in [0.5, 0.6) is 0 Å². The molecule has 0 amide bonds. The number of nitrogens with zero attached hydrogens (tertiary/aromatic N) is 3. The molecule has 0 atom stereocenters.